The van der Waals surface area contributed by atoms with Gasteiger partial charge in [-0.3, -0.25) is 9.69 Å². The lowest BCUT2D eigenvalue weighted by molar-refractivity contribution is 0.0694. The van der Waals surface area contributed by atoms with Crippen molar-refractivity contribution >= 4 is 34.4 Å². The fourth-order valence-corrected chi connectivity index (χ4v) is 6.52. The first kappa shape index (κ1) is 29.1. The van der Waals surface area contributed by atoms with E-state index in [9.17, 15) is 19.1 Å². The van der Waals surface area contributed by atoms with Crippen LogP contribution in [0, 0.1) is 11.6 Å². The predicted molar refractivity (Wildman–Crippen MR) is 159 cm³/mol. The van der Waals surface area contributed by atoms with E-state index in [1.54, 1.807) is 23.1 Å². The SMILES string of the molecule is O=C(O)c1cn(-c2ccc(CN3CCCC3)cc2F)c2c(c1=O)=CCC(F)=C(N1CCN(c3ccc(F)cc3)CC1)C=2Cl. The van der Waals surface area contributed by atoms with Crippen molar-refractivity contribution in [2.45, 2.75) is 25.8 Å². The molecule has 0 amide bonds. The van der Waals surface area contributed by atoms with E-state index >= 15 is 8.78 Å². The number of likely N-dealkylation sites (tertiary alicyclic amines) is 1. The second-order valence-electron chi connectivity index (χ2n) is 11.0. The number of benzene rings is 2. The fourth-order valence-electron chi connectivity index (χ4n) is 6.10. The van der Waals surface area contributed by atoms with Crippen LogP contribution in [-0.2, 0) is 6.54 Å². The van der Waals surface area contributed by atoms with Gasteiger partial charge in [-0.1, -0.05) is 23.7 Å². The van der Waals surface area contributed by atoms with E-state index in [1.807, 2.05) is 4.90 Å². The molecule has 43 heavy (non-hydrogen) atoms. The minimum absolute atomic E-state index is 0.00161. The Morgan fingerprint density at radius 2 is 1.58 bits per heavy atom. The van der Waals surface area contributed by atoms with Gasteiger partial charge in [-0.2, -0.15) is 0 Å². The first-order chi connectivity index (χ1) is 20.7. The summed E-state index contributed by atoms with van der Waals surface area (Å²) in [6.45, 7) is 4.23. The number of carboxylic acid groups (broad SMARTS) is 1. The highest BCUT2D eigenvalue weighted by Gasteiger charge is 2.28. The van der Waals surface area contributed by atoms with Crippen LogP contribution in [0.5, 0.6) is 0 Å². The summed E-state index contributed by atoms with van der Waals surface area (Å²) in [7, 11) is 0. The number of hydrogen-bond acceptors (Lipinski definition) is 5. The van der Waals surface area contributed by atoms with Gasteiger partial charge in [0, 0.05) is 56.2 Å². The average Bonchev–Trinajstić information content (AvgIpc) is 3.46. The van der Waals surface area contributed by atoms with E-state index in [1.165, 1.54) is 34.9 Å². The van der Waals surface area contributed by atoms with Crippen LogP contribution >= 0.6 is 11.6 Å². The van der Waals surface area contributed by atoms with Gasteiger partial charge in [0.05, 0.1) is 21.8 Å². The molecule has 0 spiro atoms. The van der Waals surface area contributed by atoms with E-state index in [2.05, 4.69) is 4.90 Å². The Hall–Kier alpha value is -4.02. The topological polar surface area (TPSA) is 69.0 Å². The summed E-state index contributed by atoms with van der Waals surface area (Å²) in [6, 6.07) is 10.8. The molecule has 1 aromatic heterocycles. The molecule has 2 saturated heterocycles. The van der Waals surface area contributed by atoms with Gasteiger partial charge in [0.25, 0.3) is 0 Å². The number of hydrogen-bond donors (Lipinski definition) is 1. The van der Waals surface area contributed by atoms with E-state index < -0.39 is 28.6 Å². The molecule has 3 heterocycles. The molecule has 0 atom stereocenters. The van der Waals surface area contributed by atoms with Crippen molar-refractivity contribution in [1.82, 2.24) is 14.4 Å². The van der Waals surface area contributed by atoms with Crippen molar-refractivity contribution < 1.29 is 23.1 Å². The average molecular weight is 611 g/mol. The van der Waals surface area contributed by atoms with Gasteiger partial charge >= 0.3 is 5.97 Å². The quantitative estimate of drug-likeness (QED) is 0.456. The second kappa shape index (κ2) is 11.9. The van der Waals surface area contributed by atoms with Crippen molar-refractivity contribution in [2.75, 3.05) is 44.2 Å². The van der Waals surface area contributed by atoms with E-state index in [0.29, 0.717) is 32.7 Å². The molecule has 2 fully saturated rings. The van der Waals surface area contributed by atoms with Crippen molar-refractivity contribution in [2.24, 2.45) is 0 Å². The summed E-state index contributed by atoms with van der Waals surface area (Å²) >= 11 is 6.94. The molecule has 1 N–H and O–H groups in total. The van der Waals surface area contributed by atoms with Crippen LogP contribution in [0.15, 0.2) is 65.0 Å². The number of aromatic nitrogens is 1. The molecule has 3 aliphatic rings. The summed E-state index contributed by atoms with van der Waals surface area (Å²) in [5, 5.41) is 9.64. The van der Waals surface area contributed by atoms with Gasteiger partial charge in [0.15, 0.2) is 0 Å². The summed E-state index contributed by atoms with van der Waals surface area (Å²) in [6.07, 6.45) is 4.29. The second-order valence-corrected chi connectivity index (χ2v) is 11.4. The number of fused-ring (bicyclic) bond motifs is 1. The Labute approximate surface area is 251 Å². The smallest absolute Gasteiger partial charge is 0.341 e. The maximum Gasteiger partial charge on any atom is 0.341 e. The molecule has 0 radical (unpaired) electrons. The van der Waals surface area contributed by atoms with Crippen LogP contribution in [0.4, 0.5) is 18.9 Å². The molecule has 3 aromatic rings. The molecule has 0 unspecified atom stereocenters. The van der Waals surface area contributed by atoms with E-state index in [4.69, 9.17) is 11.6 Å². The maximum absolute atomic E-state index is 15.8. The Balaban J connectivity index is 1.43. The summed E-state index contributed by atoms with van der Waals surface area (Å²) in [5.41, 5.74) is 0.288. The minimum Gasteiger partial charge on any atom is -0.477 e. The van der Waals surface area contributed by atoms with Gasteiger partial charge in [0.1, 0.15) is 23.0 Å². The van der Waals surface area contributed by atoms with Gasteiger partial charge in [-0.15, -0.1) is 0 Å². The standard InChI is InChI=1S/C32H30ClF3N4O3/c33-28-29-23(8-9-25(35)30(28)39-15-13-38(14-16-39)22-6-4-21(34)5-7-22)31(41)24(32(42)43)19-40(29)27-10-3-20(17-26(27)36)18-37-11-1-2-12-37/h3-8,10,17,19H,1-2,9,11-16,18H2,(H,42,43). The summed E-state index contributed by atoms with van der Waals surface area (Å²) in [4.78, 5) is 31.4. The maximum atomic E-state index is 15.8. The third kappa shape index (κ3) is 5.69. The molecule has 6 rings (SSSR count). The fraction of sp³-hybridized carbons (Fsp3) is 0.312. The largest absolute Gasteiger partial charge is 0.477 e. The normalized spacial score (nSPS) is 17.6. The van der Waals surface area contributed by atoms with Crippen molar-refractivity contribution in [3.8, 4) is 5.69 Å². The molecule has 11 heteroatoms. The number of carboxylic acids is 1. The molecule has 0 bridgehead atoms. The van der Waals surface area contributed by atoms with E-state index in [0.717, 1.165) is 43.4 Å². The van der Waals surface area contributed by atoms with Crippen LogP contribution < -0.4 is 20.9 Å². The third-order valence-electron chi connectivity index (χ3n) is 8.30. The number of nitrogens with zero attached hydrogens (tertiary/aromatic N) is 4. The number of halogens is 4. The lowest BCUT2D eigenvalue weighted by atomic mass is 10.1. The number of allylic oxidation sites excluding steroid dienone is 2. The lowest BCUT2D eigenvalue weighted by Gasteiger charge is -2.38. The van der Waals surface area contributed by atoms with E-state index in [-0.39, 0.29) is 39.2 Å². The van der Waals surface area contributed by atoms with Gasteiger partial charge < -0.3 is 19.5 Å². The number of aromatic carboxylic acids is 1. The lowest BCUT2D eigenvalue weighted by Crippen LogP contribution is -2.49. The number of carbonyl (C=O) groups is 1. The number of piperazine rings is 1. The molecule has 224 valence electrons. The summed E-state index contributed by atoms with van der Waals surface area (Å²) in [5.74, 6) is -3.02. The van der Waals surface area contributed by atoms with Crippen LogP contribution in [0.1, 0.15) is 35.2 Å². The monoisotopic (exact) mass is 610 g/mol. The van der Waals surface area contributed by atoms with Crippen molar-refractivity contribution in [3.63, 3.8) is 0 Å². The molecular weight excluding hydrogens is 581 g/mol. The Bertz CT molecular complexity index is 1790. The molecule has 7 nitrogen and oxygen atoms in total. The Morgan fingerprint density at radius 1 is 0.907 bits per heavy atom. The summed E-state index contributed by atoms with van der Waals surface area (Å²) < 4.78 is 46.2. The van der Waals surface area contributed by atoms with Gasteiger partial charge in [-0.05, 0) is 67.9 Å². The highest BCUT2D eigenvalue weighted by Crippen LogP contribution is 2.30. The number of pyridine rings is 1. The first-order valence-electron chi connectivity index (χ1n) is 14.3. The minimum atomic E-state index is -1.48. The zero-order valence-electron chi connectivity index (χ0n) is 23.3. The Kier molecular flexibility index (Phi) is 8.07. The zero-order valence-corrected chi connectivity index (χ0v) is 24.1. The highest BCUT2D eigenvalue weighted by molar-refractivity contribution is 6.48. The van der Waals surface area contributed by atoms with Crippen LogP contribution in [-0.4, -0.2) is 64.7 Å². The van der Waals surface area contributed by atoms with Crippen molar-refractivity contribution in [1.29, 1.82) is 0 Å². The Morgan fingerprint density at radius 3 is 2.23 bits per heavy atom. The predicted octanol–water partition coefficient (Wildman–Crippen LogP) is 3.94. The van der Waals surface area contributed by atoms with Gasteiger partial charge in [-0.25, -0.2) is 18.0 Å². The third-order valence-corrected chi connectivity index (χ3v) is 8.65. The molecule has 2 aromatic carbocycles. The van der Waals surface area contributed by atoms with Crippen LogP contribution in [0.2, 0.25) is 0 Å². The zero-order chi connectivity index (χ0) is 30.2. The number of anilines is 1. The molecular formula is C32H30ClF3N4O3. The number of rotatable bonds is 6. The first-order valence-corrected chi connectivity index (χ1v) is 14.6. The highest BCUT2D eigenvalue weighted by atomic mass is 35.5. The van der Waals surface area contributed by atoms with Crippen LogP contribution in [0.3, 0.4) is 0 Å². The molecule has 2 aliphatic heterocycles. The van der Waals surface area contributed by atoms with Gasteiger partial charge in [0.2, 0.25) is 5.43 Å². The van der Waals surface area contributed by atoms with Crippen molar-refractivity contribution in [3.05, 3.63) is 104 Å². The molecule has 1 aliphatic carbocycles. The van der Waals surface area contributed by atoms with Crippen LogP contribution in [0.25, 0.3) is 16.8 Å². The molecule has 0 saturated carbocycles.